The molecule has 0 aliphatic rings. The van der Waals surface area contributed by atoms with E-state index in [-0.39, 0.29) is 0 Å². The Morgan fingerprint density at radius 3 is 2.78 bits per heavy atom. The van der Waals surface area contributed by atoms with Crippen LogP contribution in [0.25, 0.3) is 10.9 Å². The van der Waals surface area contributed by atoms with Crippen LogP contribution in [-0.2, 0) is 4.74 Å². The molecule has 1 aromatic heterocycles. The Balaban J connectivity index is 2.36. The van der Waals surface area contributed by atoms with Gasteiger partial charge in [0.25, 0.3) is 0 Å². The number of hydrogen-bond donors (Lipinski definition) is 1. The number of nitrogens with zero attached hydrogens (tertiary/aromatic N) is 1. The van der Waals surface area contributed by atoms with Crippen molar-refractivity contribution in [3.8, 4) is 0 Å². The summed E-state index contributed by atoms with van der Waals surface area (Å²) in [6.45, 7) is 6.27. The van der Waals surface area contributed by atoms with E-state index in [1.165, 1.54) is 0 Å². The number of aromatic nitrogens is 1. The van der Waals surface area contributed by atoms with Crippen molar-refractivity contribution in [2.45, 2.75) is 32.5 Å². The molecule has 0 radical (unpaired) electrons. The SMILES string of the molecule is CCOC(C)(C)C(O)c1cnc2ccccc2c1. The Morgan fingerprint density at radius 2 is 2.06 bits per heavy atom. The zero-order chi connectivity index (χ0) is 13.2. The fraction of sp³-hybridized carbons (Fsp3) is 0.400. The molecule has 1 N–H and O–H groups in total. The third-order valence-electron chi connectivity index (χ3n) is 3.10. The summed E-state index contributed by atoms with van der Waals surface area (Å²) in [4.78, 5) is 4.36. The number of fused-ring (bicyclic) bond motifs is 1. The van der Waals surface area contributed by atoms with Gasteiger partial charge < -0.3 is 9.84 Å². The standard InChI is InChI=1S/C15H19NO2/c1-4-18-15(2,3)14(17)12-9-11-7-5-6-8-13(11)16-10-12/h5-10,14,17H,4H2,1-3H3. The number of para-hydroxylation sites is 1. The Morgan fingerprint density at radius 1 is 1.33 bits per heavy atom. The monoisotopic (exact) mass is 245 g/mol. The van der Waals surface area contributed by atoms with E-state index in [0.29, 0.717) is 6.61 Å². The van der Waals surface area contributed by atoms with Gasteiger partial charge >= 0.3 is 0 Å². The Kier molecular flexibility index (Phi) is 3.64. The number of aliphatic hydroxyl groups is 1. The molecule has 1 atom stereocenters. The van der Waals surface area contributed by atoms with Crippen LogP contribution < -0.4 is 0 Å². The van der Waals surface area contributed by atoms with E-state index in [4.69, 9.17) is 4.74 Å². The van der Waals surface area contributed by atoms with E-state index >= 15 is 0 Å². The number of rotatable bonds is 4. The molecule has 1 heterocycles. The summed E-state index contributed by atoms with van der Waals surface area (Å²) in [7, 11) is 0. The van der Waals surface area contributed by atoms with Crippen molar-refractivity contribution in [2.24, 2.45) is 0 Å². The average Bonchev–Trinajstić information content (AvgIpc) is 2.37. The van der Waals surface area contributed by atoms with Gasteiger partial charge in [-0.15, -0.1) is 0 Å². The average molecular weight is 245 g/mol. The smallest absolute Gasteiger partial charge is 0.109 e. The Bertz CT molecular complexity index is 537. The molecule has 0 aliphatic heterocycles. The van der Waals surface area contributed by atoms with Gasteiger partial charge in [-0.05, 0) is 32.9 Å². The van der Waals surface area contributed by atoms with Crippen LogP contribution in [0.1, 0.15) is 32.4 Å². The van der Waals surface area contributed by atoms with Crippen molar-refractivity contribution in [3.05, 3.63) is 42.1 Å². The van der Waals surface area contributed by atoms with Crippen LogP contribution in [0.5, 0.6) is 0 Å². The Labute approximate surface area is 107 Å². The first-order valence-electron chi connectivity index (χ1n) is 6.21. The van der Waals surface area contributed by atoms with E-state index in [0.717, 1.165) is 16.5 Å². The first-order valence-corrected chi connectivity index (χ1v) is 6.21. The predicted octanol–water partition coefficient (Wildman–Crippen LogP) is 3.08. The second kappa shape index (κ2) is 5.04. The van der Waals surface area contributed by atoms with Gasteiger partial charge in [-0.2, -0.15) is 0 Å². The van der Waals surface area contributed by atoms with Crippen molar-refractivity contribution >= 4 is 10.9 Å². The molecular formula is C15H19NO2. The first kappa shape index (κ1) is 13.0. The van der Waals surface area contributed by atoms with Crippen LogP contribution in [0.4, 0.5) is 0 Å². The maximum Gasteiger partial charge on any atom is 0.109 e. The highest BCUT2D eigenvalue weighted by Gasteiger charge is 2.29. The highest BCUT2D eigenvalue weighted by molar-refractivity contribution is 5.78. The molecule has 0 saturated heterocycles. The number of benzene rings is 1. The Hall–Kier alpha value is -1.45. The summed E-state index contributed by atoms with van der Waals surface area (Å²) in [6, 6.07) is 9.84. The molecule has 2 rings (SSSR count). The molecule has 0 amide bonds. The normalized spacial score (nSPS) is 13.8. The molecule has 2 aromatic rings. The molecule has 96 valence electrons. The third kappa shape index (κ3) is 2.52. The minimum Gasteiger partial charge on any atom is -0.385 e. The van der Waals surface area contributed by atoms with Crippen LogP contribution in [0.3, 0.4) is 0 Å². The summed E-state index contributed by atoms with van der Waals surface area (Å²) < 4.78 is 5.58. The molecule has 0 aliphatic carbocycles. The quantitative estimate of drug-likeness (QED) is 0.900. The largest absolute Gasteiger partial charge is 0.385 e. The van der Waals surface area contributed by atoms with Crippen LogP contribution in [0.2, 0.25) is 0 Å². The lowest BCUT2D eigenvalue weighted by molar-refractivity contribution is -0.0983. The fourth-order valence-electron chi connectivity index (χ4n) is 2.09. The van der Waals surface area contributed by atoms with E-state index in [9.17, 15) is 5.11 Å². The lowest BCUT2D eigenvalue weighted by Crippen LogP contribution is -2.32. The molecule has 0 spiro atoms. The number of aliphatic hydroxyl groups excluding tert-OH is 1. The minimum atomic E-state index is -0.686. The molecule has 3 nitrogen and oxygen atoms in total. The maximum absolute atomic E-state index is 10.4. The van der Waals surface area contributed by atoms with Gasteiger partial charge in [0.15, 0.2) is 0 Å². The lowest BCUT2D eigenvalue weighted by atomic mass is 9.95. The van der Waals surface area contributed by atoms with Gasteiger partial charge in [0.1, 0.15) is 6.10 Å². The van der Waals surface area contributed by atoms with E-state index in [1.54, 1.807) is 6.20 Å². The number of pyridine rings is 1. The zero-order valence-electron chi connectivity index (χ0n) is 11.1. The van der Waals surface area contributed by atoms with E-state index in [2.05, 4.69) is 4.98 Å². The van der Waals surface area contributed by atoms with Gasteiger partial charge in [0.05, 0.1) is 11.1 Å². The van der Waals surface area contributed by atoms with Crippen molar-refractivity contribution in [1.29, 1.82) is 0 Å². The molecule has 0 bridgehead atoms. The van der Waals surface area contributed by atoms with Gasteiger partial charge in [-0.1, -0.05) is 18.2 Å². The zero-order valence-corrected chi connectivity index (χ0v) is 11.1. The van der Waals surface area contributed by atoms with Crippen LogP contribution in [-0.4, -0.2) is 22.3 Å². The molecular weight excluding hydrogens is 226 g/mol. The highest BCUT2D eigenvalue weighted by Crippen LogP contribution is 2.29. The molecule has 0 fully saturated rings. The summed E-state index contributed by atoms with van der Waals surface area (Å²) in [5.74, 6) is 0. The first-order chi connectivity index (χ1) is 8.54. The highest BCUT2D eigenvalue weighted by atomic mass is 16.5. The lowest BCUT2D eigenvalue weighted by Gasteiger charge is -2.30. The second-order valence-electron chi connectivity index (χ2n) is 4.90. The van der Waals surface area contributed by atoms with Gasteiger partial charge in [-0.25, -0.2) is 0 Å². The van der Waals surface area contributed by atoms with Crippen molar-refractivity contribution < 1.29 is 9.84 Å². The second-order valence-corrected chi connectivity index (χ2v) is 4.90. The van der Waals surface area contributed by atoms with Crippen LogP contribution in [0, 0.1) is 0 Å². The van der Waals surface area contributed by atoms with E-state index < -0.39 is 11.7 Å². The summed E-state index contributed by atoms with van der Waals surface area (Å²) in [5.41, 5.74) is 1.11. The predicted molar refractivity (Wildman–Crippen MR) is 72.4 cm³/mol. The third-order valence-corrected chi connectivity index (χ3v) is 3.10. The summed E-state index contributed by atoms with van der Waals surface area (Å²) >= 11 is 0. The van der Waals surface area contributed by atoms with Crippen molar-refractivity contribution in [3.63, 3.8) is 0 Å². The van der Waals surface area contributed by atoms with Gasteiger partial charge in [0.2, 0.25) is 0 Å². The number of hydrogen-bond acceptors (Lipinski definition) is 3. The molecule has 1 aromatic carbocycles. The molecule has 3 heteroatoms. The maximum atomic E-state index is 10.4. The molecule has 0 saturated carbocycles. The topological polar surface area (TPSA) is 42.4 Å². The number of ether oxygens (including phenoxy) is 1. The van der Waals surface area contributed by atoms with Crippen LogP contribution in [0.15, 0.2) is 36.5 Å². The summed E-state index contributed by atoms with van der Waals surface area (Å²) in [5, 5.41) is 11.4. The summed E-state index contributed by atoms with van der Waals surface area (Å²) in [6.07, 6.45) is 1.03. The van der Waals surface area contributed by atoms with E-state index in [1.807, 2.05) is 51.1 Å². The van der Waals surface area contributed by atoms with Gasteiger partial charge in [0, 0.05) is 23.8 Å². The minimum absolute atomic E-state index is 0.574. The van der Waals surface area contributed by atoms with Crippen molar-refractivity contribution in [1.82, 2.24) is 4.98 Å². The van der Waals surface area contributed by atoms with Gasteiger partial charge in [-0.3, -0.25) is 4.98 Å². The van der Waals surface area contributed by atoms with Crippen LogP contribution >= 0.6 is 0 Å². The molecule has 18 heavy (non-hydrogen) atoms. The van der Waals surface area contributed by atoms with Crippen molar-refractivity contribution in [2.75, 3.05) is 6.61 Å². The molecule has 1 unspecified atom stereocenters. The fourth-order valence-corrected chi connectivity index (χ4v) is 2.09.